The van der Waals surface area contributed by atoms with E-state index in [2.05, 4.69) is 15.4 Å². The van der Waals surface area contributed by atoms with E-state index in [1.165, 1.54) is 19.4 Å². The average Bonchev–Trinajstić information content (AvgIpc) is 2.71. The topological polar surface area (TPSA) is 66.8 Å². The smallest absolute Gasteiger partial charge is 0.420 e. The SMILES string of the molecule is CCCNC(=O)CN(/N=C(\C)c1ccc(OC)cc1)c1ncccc1C(F)(F)F. The number of methoxy groups -OCH3 is 1. The van der Waals surface area contributed by atoms with Crippen molar-refractivity contribution in [2.45, 2.75) is 26.4 Å². The van der Waals surface area contributed by atoms with Crippen LogP contribution in [0.4, 0.5) is 19.0 Å². The van der Waals surface area contributed by atoms with Crippen LogP contribution in [0.3, 0.4) is 0 Å². The Balaban J connectivity index is 2.43. The number of aromatic nitrogens is 1. The predicted molar refractivity (Wildman–Crippen MR) is 105 cm³/mol. The van der Waals surface area contributed by atoms with E-state index in [1.54, 1.807) is 31.2 Å². The number of anilines is 1. The molecular formula is C20H23F3N4O2. The third kappa shape index (κ3) is 6.20. The predicted octanol–water partition coefficient (Wildman–Crippen LogP) is 3.87. The molecular weight excluding hydrogens is 385 g/mol. The second-order valence-electron chi connectivity index (χ2n) is 6.19. The molecule has 2 rings (SSSR count). The van der Waals surface area contributed by atoms with Crippen molar-refractivity contribution in [3.05, 3.63) is 53.7 Å². The first-order chi connectivity index (χ1) is 13.8. The Morgan fingerprint density at radius 2 is 1.93 bits per heavy atom. The number of rotatable bonds is 8. The number of hydrogen-bond acceptors (Lipinski definition) is 5. The normalized spacial score (nSPS) is 11.9. The number of benzene rings is 1. The third-order valence-electron chi connectivity index (χ3n) is 3.98. The van der Waals surface area contributed by atoms with Crippen molar-refractivity contribution in [1.82, 2.24) is 10.3 Å². The summed E-state index contributed by atoms with van der Waals surface area (Å²) in [5.41, 5.74) is 0.138. The van der Waals surface area contributed by atoms with Crippen LogP contribution < -0.4 is 15.1 Å². The molecule has 6 nitrogen and oxygen atoms in total. The molecule has 9 heteroatoms. The van der Waals surface area contributed by atoms with Gasteiger partial charge in [-0.15, -0.1) is 0 Å². The van der Waals surface area contributed by atoms with Crippen molar-refractivity contribution in [1.29, 1.82) is 0 Å². The highest BCUT2D eigenvalue weighted by Crippen LogP contribution is 2.35. The lowest BCUT2D eigenvalue weighted by atomic mass is 10.1. The Morgan fingerprint density at radius 1 is 1.24 bits per heavy atom. The summed E-state index contributed by atoms with van der Waals surface area (Å²) in [6.07, 6.45) is -2.69. The Hall–Kier alpha value is -3.10. The fraction of sp³-hybridized carbons (Fsp3) is 0.350. The fourth-order valence-electron chi connectivity index (χ4n) is 2.51. The number of amides is 1. The second-order valence-corrected chi connectivity index (χ2v) is 6.19. The van der Waals surface area contributed by atoms with Gasteiger partial charge in [-0.05, 0) is 55.3 Å². The van der Waals surface area contributed by atoms with E-state index < -0.39 is 30.0 Å². The summed E-state index contributed by atoms with van der Waals surface area (Å²) in [5, 5.41) is 7.90. The van der Waals surface area contributed by atoms with Crippen LogP contribution in [0.25, 0.3) is 0 Å². The zero-order valence-electron chi connectivity index (χ0n) is 16.5. The molecule has 0 saturated carbocycles. The number of carbonyl (C=O) groups is 1. The molecule has 0 unspecified atom stereocenters. The number of hydrazone groups is 1. The van der Waals surface area contributed by atoms with Crippen molar-refractivity contribution in [2.24, 2.45) is 5.10 Å². The minimum absolute atomic E-state index is 0.395. The fourth-order valence-corrected chi connectivity index (χ4v) is 2.51. The van der Waals surface area contributed by atoms with Gasteiger partial charge in [-0.3, -0.25) is 4.79 Å². The molecule has 0 atom stereocenters. The first-order valence-corrected chi connectivity index (χ1v) is 9.02. The minimum Gasteiger partial charge on any atom is -0.497 e. The minimum atomic E-state index is -4.63. The lowest BCUT2D eigenvalue weighted by Crippen LogP contribution is -2.36. The zero-order chi connectivity index (χ0) is 21.4. The molecule has 0 saturated heterocycles. The van der Waals surface area contributed by atoms with E-state index >= 15 is 0 Å². The molecule has 0 aliphatic heterocycles. The van der Waals surface area contributed by atoms with Crippen LogP contribution in [-0.4, -0.2) is 36.8 Å². The summed E-state index contributed by atoms with van der Waals surface area (Å²) in [4.78, 5) is 16.1. The summed E-state index contributed by atoms with van der Waals surface area (Å²) >= 11 is 0. The van der Waals surface area contributed by atoms with Crippen LogP contribution in [0, 0.1) is 0 Å². The van der Waals surface area contributed by atoms with Gasteiger partial charge in [0.25, 0.3) is 0 Å². The van der Waals surface area contributed by atoms with E-state index in [0.717, 1.165) is 11.1 Å². The highest BCUT2D eigenvalue weighted by molar-refractivity contribution is 5.99. The first kappa shape index (κ1) is 22.2. The van der Waals surface area contributed by atoms with E-state index in [0.29, 0.717) is 30.0 Å². The quantitative estimate of drug-likeness (QED) is 0.532. The number of ether oxygens (including phenoxy) is 1. The maximum absolute atomic E-state index is 13.5. The van der Waals surface area contributed by atoms with Gasteiger partial charge in [-0.25, -0.2) is 9.99 Å². The molecule has 2 aromatic rings. The van der Waals surface area contributed by atoms with E-state index in [4.69, 9.17) is 4.74 Å². The molecule has 0 aliphatic rings. The number of pyridine rings is 1. The van der Waals surface area contributed by atoms with Crippen LogP contribution in [0.15, 0.2) is 47.7 Å². The molecule has 0 aliphatic carbocycles. The molecule has 1 aromatic heterocycles. The van der Waals surface area contributed by atoms with Crippen molar-refractivity contribution in [3.63, 3.8) is 0 Å². The lowest BCUT2D eigenvalue weighted by molar-refractivity contribution is -0.137. The monoisotopic (exact) mass is 408 g/mol. The summed E-state index contributed by atoms with van der Waals surface area (Å²) in [6.45, 7) is 3.55. The molecule has 29 heavy (non-hydrogen) atoms. The third-order valence-corrected chi connectivity index (χ3v) is 3.98. The average molecular weight is 408 g/mol. The first-order valence-electron chi connectivity index (χ1n) is 9.02. The van der Waals surface area contributed by atoms with Crippen molar-refractivity contribution >= 4 is 17.4 Å². The largest absolute Gasteiger partial charge is 0.497 e. The summed E-state index contributed by atoms with van der Waals surface area (Å²) in [5.74, 6) is -0.238. The molecule has 0 spiro atoms. The number of hydrogen-bond donors (Lipinski definition) is 1. The van der Waals surface area contributed by atoms with Gasteiger partial charge in [-0.2, -0.15) is 18.3 Å². The van der Waals surface area contributed by atoms with Gasteiger partial charge in [0.2, 0.25) is 5.91 Å². The molecule has 0 fully saturated rings. The van der Waals surface area contributed by atoms with Gasteiger partial charge >= 0.3 is 6.18 Å². The Labute approximate surface area is 167 Å². The van der Waals surface area contributed by atoms with Crippen molar-refractivity contribution in [2.75, 3.05) is 25.2 Å². The molecule has 0 bridgehead atoms. The standard InChI is InChI=1S/C20H23F3N4O2/c1-4-11-24-18(28)13-27(19-17(20(21,22)23)6-5-12-25-19)26-14(2)15-7-9-16(29-3)10-8-15/h5-10,12H,4,11,13H2,1-3H3,(H,24,28)/b26-14+. The second kappa shape index (κ2) is 9.90. The summed E-state index contributed by atoms with van der Waals surface area (Å²) in [7, 11) is 1.53. The molecule has 1 heterocycles. The zero-order valence-corrected chi connectivity index (χ0v) is 16.5. The molecule has 1 aromatic carbocycles. The Bertz CT molecular complexity index is 852. The van der Waals surface area contributed by atoms with Crippen molar-refractivity contribution in [3.8, 4) is 5.75 Å². The maximum Gasteiger partial charge on any atom is 0.420 e. The van der Waals surface area contributed by atoms with Crippen LogP contribution >= 0.6 is 0 Å². The Morgan fingerprint density at radius 3 is 2.52 bits per heavy atom. The summed E-state index contributed by atoms with van der Waals surface area (Å²) < 4.78 is 45.5. The van der Waals surface area contributed by atoms with Crippen LogP contribution in [0.2, 0.25) is 0 Å². The highest BCUT2D eigenvalue weighted by atomic mass is 19.4. The van der Waals surface area contributed by atoms with E-state index in [1.807, 2.05) is 6.92 Å². The Kier molecular flexibility index (Phi) is 7.58. The van der Waals surface area contributed by atoms with Crippen LogP contribution in [0.1, 0.15) is 31.4 Å². The van der Waals surface area contributed by atoms with Gasteiger partial charge in [-0.1, -0.05) is 6.92 Å². The number of alkyl halides is 3. The van der Waals surface area contributed by atoms with Gasteiger partial charge in [0, 0.05) is 12.7 Å². The summed E-state index contributed by atoms with van der Waals surface area (Å²) in [6, 6.07) is 9.01. The molecule has 1 amide bonds. The van der Waals surface area contributed by atoms with Gasteiger partial charge in [0.15, 0.2) is 5.82 Å². The van der Waals surface area contributed by atoms with Gasteiger partial charge < -0.3 is 10.1 Å². The number of nitrogens with one attached hydrogen (secondary N) is 1. The maximum atomic E-state index is 13.5. The molecule has 1 N–H and O–H groups in total. The van der Waals surface area contributed by atoms with E-state index in [-0.39, 0.29) is 0 Å². The van der Waals surface area contributed by atoms with E-state index in [9.17, 15) is 18.0 Å². The van der Waals surface area contributed by atoms with Gasteiger partial charge in [0.1, 0.15) is 12.3 Å². The number of nitrogens with zero attached hydrogens (tertiary/aromatic N) is 3. The van der Waals surface area contributed by atoms with Gasteiger partial charge in [0.05, 0.1) is 18.4 Å². The van der Waals surface area contributed by atoms with Crippen LogP contribution in [0.5, 0.6) is 5.75 Å². The molecule has 0 radical (unpaired) electrons. The van der Waals surface area contributed by atoms with Crippen LogP contribution in [-0.2, 0) is 11.0 Å². The molecule has 156 valence electrons. The number of carbonyl (C=O) groups excluding carboxylic acids is 1. The lowest BCUT2D eigenvalue weighted by Gasteiger charge is -2.22. The van der Waals surface area contributed by atoms with Crippen molar-refractivity contribution < 1.29 is 22.7 Å². The number of halogens is 3. The highest BCUT2D eigenvalue weighted by Gasteiger charge is 2.36.